The second kappa shape index (κ2) is 8.48. The van der Waals surface area contributed by atoms with Crippen LogP contribution in [0.15, 0.2) is 47.4 Å². The maximum absolute atomic E-state index is 13.5. The van der Waals surface area contributed by atoms with Crippen LogP contribution in [-0.4, -0.2) is 40.0 Å². The Balaban J connectivity index is 1.82. The average Bonchev–Trinajstić information content (AvgIpc) is 3.15. The van der Waals surface area contributed by atoms with E-state index >= 15 is 0 Å². The number of methoxy groups -OCH3 is 1. The van der Waals surface area contributed by atoms with Gasteiger partial charge in [-0.05, 0) is 29.8 Å². The SMILES string of the molecule is CCc1nc(NCc2cccc(F)c2)nc(-n2c(OC)nc3c(S(N)(=O)=O)cccc32)n1. The van der Waals surface area contributed by atoms with Crippen LogP contribution in [0.4, 0.5) is 10.3 Å². The third-order valence-corrected chi connectivity index (χ3v) is 5.57. The van der Waals surface area contributed by atoms with Gasteiger partial charge in [0.25, 0.3) is 0 Å². The molecule has 2 aromatic carbocycles. The van der Waals surface area contributed by atoms with Crippen molar-refractivity contribution in [3.05, 3.63) is 59.7 Å². The summed E-state index contributed by atoms with van der Waals surface area (Å²) in [5.74, 6) is 0.602. The first-order chi connectivity index (χ1) is 15.3. The van der Waals surface area contributed by atoms with Crippen LogP contribution in [0.5, 0.6) is 6.01 Å². The van der Waals surface area contributed by atoms with E-state index in [0.717, 1.165) is 0 Å². The Bertz CT molecular complexity index is 1410. The molecule has 0 unspecified atom stereocenters. The van der Waals surface area contributed by atoms with E-state index in [1.165, 1.54) is 29.9 Å². The zero-order valence-electron chi connectivity index (χ0n) is 17.3. The second-order valence-electron chi connectivity index (χ2n) is 6.82. The van der Waals surface area contributed by atoms with Crippen LogP contribution in [-0.2, 0) is 23.0 Å². The number of imidazole rings is 1. The fourth-order valence-electron chi connectivity index (χ4n) is 3.18. The Morgan fingerprint density at radius 2 is 1.91 bits per heavy atom. The van der Waals surface area contributed by atoms with Gasteiger partial charge in [-0.2, -0.15) is 19.9 Å². The van der Waals surface area contributed by atoms with Gasteiger partial charge in [0.2, 0.25) is 21.9 Å². The van der Waals surface area contributed by atoms with Gasteiger partial charge < -0.3 is 10.1 Å². The van der Waals surface area contributed by atoms with E-state index in [-0.39, 0.29) is 34.1 Å². The van der Waals surface area contributed by atoms with Crippen molar-refractivity contribution in [1.82, 2.24) is 24.5 Å². The van der Waals surface area contributed by atoms with Crippen molar-refractivity contribution in [2.45, 2.75) is 24.8 Å². The van der Waals surface area contributed by atoms with Crippen molar-refractivity contribution < 1.29 is 17.5 Å². The molecule has 10 nitrogen and oxygen atoms in total. The molecule has 2 heterocycles. The number of sulfonamides is 1. The lowest BCUT2D eigenvalue weighted by atomic mass is 10.2. The third kappa shape index (κ3) is 4.22. The fourth-order valence-corrected chi connectivity index (χ4v) is 3.87. The smallest absolute Gasteiger partial charge is 0.304 e. The molecule has 0 aliphatic carbocycles. The number of fused-ring (bicyclic) bond motifs is 1. The van der Waals surface area contributed by atoms with E-state index in [2.05, 4.69) is 25.3 Å². The lowest BCUT2D eigenvalue weighted by Crippen LogP contribution is -2.13. The number of ether oxygens (including phenoxy) is 1. The predicted molar refractivity (Wildman–Crippen MR) is 115 cm³/mol. The predicted octanol–water partition coefficient (Wildman–Crippen LogP) is 2.18. The highest BCUT2D eigenvalue weighted by Gasteiger charge is 2.22. The van der Waals surface area contributed by atoms with E-state index in [4.69, 9.17) is 9.88 Å². The Labute approximate surface area is 183 Å². The van der Waals surface area contributed by atoms with Gasteiger partial charge in [-0.25, -0.2) is 22.5 Å². The zero-order chi connectivity index (χ0) is 22.9. The second-order valence-corrected chi connectivity index (χ2v) is 8.34. The van der Waals surface area contributed by atoms with Crippen molar-refractivity contribution >= 4 is 27.0 Å². The molecule has 0 radical (unpaired) electrons. The molecule has 0 aliphatic heterocycles. The standard InChI is InChI=1S/C20H20FN7O3S/c1-3-16-24-18(23-11-12-6-4-7-13(21)10-12)27-19(25-16)28-14-8-5-9-15(32(22,29)30)17(14)26-20(28)31-2/h4-10H,3,11H2,1-2H3,(H2,22,29,30)(H,23,24,25,27). The first-order valence-electron chi connectivity index (χ1n) is 9.62. The van der Waals surface area contributed by atoms with Gasteiger partial charge in [-0.3, -0.25) is 0 Å². The number of aromatic nitrogens is 5. The minimum Gasteiger partial charge on any atom is -0.468 e. The van der Waals surface area contributed by atoms with Gasteiger partial charge in [-0.1, -0.05) is 25.1 Å². The highest BCUT2D eigenvalue weighted by Crippen LogP contribution is 2.29. The van der Waals surface area contributed by atoms with E-state index in [1.807, 2.05) is 6.92 Å². The van der Waals surface area contributed by atoms with Crippen LogP contribution >= 0.6 is 0 Å². The molecule has 0 fully saturated rings. The Morgan fingerprint density at radius 3 is 2.59 bits per heavy atom. The van der Waals surface area contributed by atoms with Crippen LogP contribution in [0.25, 0.3) is 17.0 Å². The average molecular weight is 457 g/mol. The van der Waals surface area contributed by atoms with E-state index in [0.29, 0.717) is 29.9 Å². The molecule has 2 aromatic heterocycles. The number of nitrogens with two attached hydrogens (primary N) is 1. The minimum atomic E-state index is -4.01. The number of nitrogens with zero attached hydrogens (tertiary/aromatic N) is 5. The monoisotopic (exact) mass is 457 g/mol. The Morgan fingerprint density at radius 1 is 1.12 bits per heavy atom. The van der Waals surface area contributed by atoms with Crippen LogP contribution in [0.2, 0.25) is 0 Å². The third-order valence-electron chi connectivity index (χ3n) is 4.63. The summed E-state index contributed by atoms with van der Waals surface area (Å²) >= 11 is 0. The molecule has 0 bridgehead atoms. The fraction of sp³-hybridized carbons (Fsp3) is 0.200. The molecular formula is C20H20FN7O3S. The lowest BCUT2D eigenvalue weighted by molar-refractivity contribution is 0.374. The van der Waals surface area contributed by atoms with Crippen molar-refractivity contribution in [2.24, 2.45) is 5.14 Å². The summed E-state index contributed by atoms with van der Waals surface area (Å²) in [5.41, 5.74) is 1.26. The van der Waals surface area contributed by atoms with Crippen LogP contribution < -0.4 is 15.2 Å². The van der Waals surface area contributed by atoms with Gasteiger partial charge in [0.05, 0.1) is 12.6 Å². The maximum atomic E-state index is 13.5. The maximum Gasteiger partial charge on any atom is 0.304 e. The first kappa shape index (κ1) is 21.6. The summed E-state index contributed by atoms with van der Waals surface area (Å²) in [4.78, 5) is 17.4. The molecular weight excluding hydrogens is 437 g/mol. The molecule has 32 heavy (non-hydrogen) atoms. The number of anilines is 1. The molecule has 4 rings (SSSR count). The summed E-state index contributed by atoms with van der Waals surface area (Å²) in [7, 11) is -2.61. The van der Waals surface area contributed by atoms with E-state index in [1.54, 1.807) is 24.3 Å². The molecule has 0 aliphatic rings. The van der Waals surface area contributed by atoms with Crippen LogP contribution in [0.3, 0.4) is 0 Å². The number of primary sulfonamides is 1. The number of benzene rings is 2. The van der Waals surface area contributed by atoms with Crippen molar-refractivity contribution in [1.29, 1.82) is 0 Å². The summed E-state index contributed by atoms with van der Waals surface area (Å²) in [5, 5.41) is 8.41. The van der Waals surface area contributed by atoms with Gasteiger partial charge >= 0.3 is 6.01 Å². The van der Waals surface area contributed by atoms with Crippen molar-refractivity contribution in [3.63, 3.8) is 0 Å². The molecule has 0 saturated carbocycles. The van der Waals surface area contributed by atoms with E-state index in [9.17, 15) is 12.8 Å². The number of hydrogen-bond donors (Lipinski definition) is 2. The number of hydrogen-bond acceptors (Lipinski definition) is 8. The zero-order valence-corrected chi connectivity index (χ0v) is 18.1. The highest BCUT2D eigenvalue weighted by atomic mass is 32.2. The van der Waals surface area contributed by atoms with Crippen LogP contribution in [0.1, 0.15) is 18.3 Å². The number of rotatable bonds is 7. The van der Waals surface area contributed by atoms with E-state index < -0.39 is 10.0 Å². The molecule has 0 spiro atoms. The van der Waals surface area contributed by atoms with Crippen molar-refractivity contribution in [3.8, 4) is 12.0 Å². The molecule has 4 aromatic rings. The quantitative estimate of drug-likeness (QED) is 0.431. The number of aryl methyl sites for hydroxylation is 1. The number of nitrogens with one attached hydrogen (secondary N) is 1. The largest absolute Gasteiger partial charge is 0.468 e. The Hall–Kier alpha value is -3.64. The molecule has 0 saturated heterocycles. The summed E-state index contributed by atoms with van der Waals surface area (Å²) in [6.45, 7) is 2.18. The molecule has 0 atom stereocenters. The molecule has 12 heteroatoms. The topological polar surface area (TPSA) is 138 Å². The molecule has 0 amide bonds. The van der Waals surface area contributed by atoms with Crippen LogP contribution in [0, 0.1) is 5.82 Å². The minimum absolute atomic E-state index is 0.0837. The van der Waals surface area contributed by atoms with Gasteiger partial charge in [0, 0.05) is 13.0 Å². The first-order valence-corrected chi connectivity index (χ1v) is 11.2. The highest BCUT2D eigenvalue weighted by molar-refractivity contribution is 7.89. The van der Waals surface area contributed by atoms with Crippen molar-refractivity contribution in [2.75, 3.05) is 12.4 Å². The van der Waals surface area contributed by atoms with Gasteiger partial charge in [0.1, 0.15) is 22.1 Å². The number of halogens is 1. The summed E-state index contributed by atoms with van der Waals surface area (Å²) < 4.78 is 44.3. The van der Waals surface area contributed by atoms with Gasteiger partial charge in [0.15, 0.2) is 0 Å². The molecule has 166 valence electrons. The summed E-state index contributed by atoms with van der Waals surface area (Å²) in [6.07, 6.45) is 0.515. The Kier molecular flexibility index (Phi) is 5.72. The summed E-state index contributed by atoms with van der Waals surface area (Å²) in [6, 6.07) is 10.8. The van der Waals surface area contributed by atoms with Gasteiger partial charge in [-0.15, -0.1) is 0 Å². The molecule has 3 N–H and O–H groups in total. The lowest BCUT2D eigenvalue weighted by Gasteiger charge is -2.11. The normalized spacial score (nSPS) is 11.6. The number of para-hydroxylation sites is 1.